The number of carbonyl (C=O) groups excluding carboxylic acids is 3. The maximum absolute atomic E-state index is 13.0. The van der Waals surface area contributed by atoms with Crippen molar-refractivity contribution in [3.63, 3.8) is 0 Å². The van der Waals surface area contributed by atoms with Crippen molar-refractivity contribution >= 4 is 69.6 Å². The van der Waals surface area contributed by atoms with Crippen LogP contribution in [-0.2, 0) is 9.59 Å². The second kappa shape index (κ2) is 9.50. The summed E-state index contributed by atoms with van der Waals surface area (Å²) >= 11 is 18.4. The molecule has 172 valence electrons. The summed E-state index contributed by atoms with van der Waals surface area (Å²) < 4.78 is 0. The molecule has 9 heteroatoms. The van der Waals surface area contributed by atoms with Gasteiger partial charge in [0.2, 0.25) is 0 Å². The van der Waals surface area contributed by atoms with Gasteiger partial charge in [0, 0.05) is 22.0 Å². The lowest BCUT2D eigenvalue weighted by molar-refractivity contribution is -0.120. The van der Waals surface area contributed by atoms with E-state index in [1.54, 1.807) is 30.3 Å². The fourth-order valence-electron chi connectivity index (χ4n) is 3.62. The molecule has 34 heavy (non-hydrogen) atoms. The van der Waals surface area contributed by atoms with E-state index in [0.717, 1.165) is 16.0 Å². The van der Waals surface area contributed by atoms with E-state index in [9.17, 15) is 14.4 Å². The molecule has 3 amide bonds. The van der Waals surface area contributed by atoms with Crippen molar-refractivity contribution in [1.29, 1.82) is 0 Å². The topological polar surface area (TPSA) is 78.5 Å². The first-order valence-corrected chi connectivity index (χ1v) is 11.3. The van der Waals surface area contributed by atoms with Crippen molar-refractivity contribution in [1.82, 2.24) is 0 Å². The summed E-state index contributed by atoms with van der Waals surface area (Å²) in [6.45, 7) is 3.90. The van der Waals surface area contributed by atoms with E-state index in [1.807, 2.05) is 32.0 Å². The van der Waals surface area contributed by atoms with Gasteiger partial charge in [-0.25, -0.2) is 4.90 Å². The minimum Gasteiger partial charge on any atom is -0.350 e. The molecule has 3 aromatic rings. The van der Waals surface area contributed by atoms with Gasteiger partial charge >= 0.3 is 0 Å². The zero-order valence-corrected chi connectivity index (χ0v) is 20.3. The molecule has 0 atom stereocenters. The predicted molar refractivity (Wildman–Crippen MR) is 136 cm³/mol. The number of anilines is 3. The van der Waals surface area contributed by atoms with E-state index in [0.29, 0.717) is 22.0 Å². The quantitative estimate of drug-likeness (QED) is 0.392. The van der Waals surface area contributed by atoms with Crippen molar-refractivity contribution in [3.05, 3.63) is 98.1 Å². The summed E-state index contributed by atoms with van der Waals surface area (Å²) in [5, 5.41) is 5.90. The molecule has 0 saturated carbocycles. The SMILES string of the molecule is Cc1cc(C)cc(NC(=O)c2cccc(NC3=C(Cl)C(=O)N(c4cc(Cl)ccc4Cl)C3=O)c2)c1. The average molecular weight is 515 g/mol. The first-order chi connectivity index (χ1) is 16.1. The van der Waals surface area contributed by atoms with E-state index < -0.39 is 11.8 Å². The zero-order valence-electron chi connectivity index (χ0n) is 18.1. The minimum absolute atomic E-state index is 0.126. The molecule has 0 radical (unpaired) electrons. The Bertz CT molecular complexity index is 1360. The second-order valence-electron chi connectivity index (χ2n) is 7.77. The second-order valence-corrected chi connectivity index (χ2v) is 8.99. The summed E-state index contributed by atoms with van der Waals surface area (Å²) in [4.78, 5) is 39.4. The number of halogens is 3. The van der Waals surface area contributed by atoms with Gasteiger partial charge in [0.15, 0.2) is 0 Å². The van der Waals surface area contributed by atoms with Crippen LogP contribution in [0.5, 0.6) is 0 Å². The standard InChI is InChI=1S/C25H18Cl3N3O3/c1-13-8-14(2)10-18(9-13)30-23(32)15-4-3-5-17(11-15)29-22-21(28)24(33)31(25(22)34)20-12-16(26)6-7-19(20)27/h3-12,29H,1-2H3,(H,30,32). The van der Waals surface area contributed by atoms with Crippen LogP contribution in [0.25, 0.3) is 0 Å². The van der Waals surface area contributed by atoms with Gasteiger partial charge in [-0.05, 0) is 73.5 Å². The molecule has 0 unspecified atom stereocenters. The predicted octanol–water partition coefficient (Wildman–Crippen LogP) is 6.30. The smallest absolute Gasteiger partial charge is 0.283 e. The molecule has 1 heterocycles. The number of imide groups is 1. The zero-order chi connectivity index (χ0) is 24.6. The van der Waals surface area contributed by atoms with Crippen LogP contribution >= 0.6 is 34.8 Å². The molecule has 1 aliphatic heterocycles. The average Bonchev–Trinajstić information content (AvgIpc) is 2.98. The number of aryl methyl sites for hydroxylation is 2. The van der Waals surface area contributed by atoms with Crippen LogP contribution in [0.3, 0.4) is 0 Å². The Morgan fingerprint density at radius 3 is 2.24 bits per heavy atom. The lowest BCUT2D eigenvalue weighted by atomic mass is 10.1. The molecule has 3 aromatic carbocycles. The maximum Gasteiger partial charge on any atom is 0.283 e. The number of nitrogens with one attached hydrogen (secondary N) is 2. The van der Waals surface area contributed by atoms with E-state index in [2.05, 4.69) is 10.6 Å². The van der Waals surface area contributed by atoms with Crippen LogP contribution in [0.15, 0.2) is 71.4 Å². The summed E-state index contributed by atoms with van der Waals surface area (Å²) in [7, 11) is 0. The number of benzene rings is 3. The molecule has 4 rings (SSSR count). The number of hydrogen-bond acceptors (Lipinski definition) is 4. The highest BCUT2D eigenvalue weighted by Crippen LogP contribution is 2.35. The largest absolute Gasteiger partial charge is 0.350 e. The molecule has 0 aromatic heterocycles. The van der Waals surface area contributed by atoms with E-state index in [4.69, 9.17) is 34.8 Å². The summed E-state index contributed by atoms with van der Waals surface area (Å²) in [5.41, 5.74) is 3.49. The molecular formula is C25H18Cl3N3O3. The van der Waals surface area contributed by atoms with Crippen molar-refractivity contribution in [2.45, 2.75) is 13.8 Å². The number of nitrogens with zero attached hydrogens (tertiary/aromatic N) is 1. The summed E-state index contributed by atoms with van der Waals surface area (Å²) in [5.74, 6) is -1.75. The fourth-order valence-corrected chi connectivity index (χ4v) is 4.20. The van der Waals surface area contributed by atoms with Crippen LogP contribution in [0.1, 0.15) is 21.5 Å². The van der Waals surface area contributed by atoms with Crippen molar-refractivity contribution in [3.8, 4) is 0 Å². The lowest BCUT2D eigenvalue weighted by Gasteiger charge is -2.17. The third-order valence-corrected chi connectivity index (χ3v) is 5.96. The van der Waals surface area contributed by atoms with Crippen LogP contribution in [-0.4, -0.2) is 17.7 Å². The minimum atomic E-state index is -0.734. The Morgan fingerprint density at radius 1 is 0.824 bits per heavy atom. The van der Waals surface area contributed by atoms with Gasteiger partial charge in [0.05, 0.1) is 10.7 Å². The third kappa shape index (κ3) is 4.80. The van der Waals surface area contributed by atoms with Crippen LogP contribution < -0.4 is 15.5 Å². The molecule has 2 N–H and O–H groups in total. The van der Waals surface area contributed by atoms with Gasteiger partial charge in [-0.1, -0.05) is 46.9 Å². The Kier molecular flexibility index (Phi) is 6.66. The van der Waals surface area contributed by atoms with Gasteiger partial charge in [-0.2, -0.15) is 0 Å². The first-order valence-electron chi connectivity index (χ1n) is 10.1. The molecule has 0 aliphatic carbocycles. The summed E-state index contributed by atoms with van der Waals surface area (Å²) in [6.07, 6.45) is 0. The number of carbonyl (C=O) groups is 3. The number of amides is 3. The van der Waals surface area contributed by atoms with Crippen molar-refractivity contribution in [2.24, 2.45) is 0 Å². The number of rotatable bonds is 5. The molecule has 6 nitrogen and oxygen atoms in total. The molecular weight excluding hydrogens is 497 g/mol. The summed E-state index contributed by atoms with van der Waals surface area (Å²) in [6, 6.07) is 16.7. The van der Waals surface area contributed by atoms with Gasteiger partial charge in [-0.3, -0.25) is 14.4 Å². The fraction of sp³-hybridized carbons (Fsp3) is 0.0800. The molecule has 0 saturated heterocycles. The Labute approximate surface area is 211 Å². The molecule has 0 fully saturated rings. The highest BCUT2D eigenvalue weighted by molar-refractivity contribution is 6.54. The Morgan fingerprint density at radius 2 is 1.53 bits per heavy atom. The first kappa shape index (κ1) is 23.8. The Balaban J connectivity index is 1.56. The molecule has 1 aliphatic rings. The van der Waals surface area contributed by atoms with Crippen molar-refractivity contribution in [2.75, 3.05) is 15.5 Å². The maximum atomic E-state index is 13.0. The number of hydrogen-bond donors (Lipinski definition) is 2. The Hall–Kier alpha value is -3.32. The van der Waals surface area contributed by atoms with Gasteiger partial charge in [0.25, 0.3) is 17.7 Å². The monoisotopic (exact) mass is 513 g/mol. The van der Waals surface area contributed by atoms with Crippen LogP contribution in [0.2, 0.25) is 10.0 Å². The molecule has 0 spiro atoms. The highest BCUT2D eigenvalue weighted by atomic mass is 35.5. The van der Waals surface area contributed by atoms with E-state index in [1.165, 1.54) is 12.1 Å². The van der Waals surface area contributed by atoms with E-state index >= 15 is 0 Å². The van der Waals surface area contributed by atoms with Gasteiger partial charge < -0.3 is 10.6 Å². The van der Waals surface area contributed by atoms with Crippen LogP contribution in [0, 0.1) is 13.8 Å². The van der Waals surface area contributed by atoms with Crippen LogP contribution in [0.4, 0.5) is 17.1 Å². The van der Waals surface area contributed by atoms with E-state index in [-0.39, 0.29) is 27.3 Å². The normalized spacial score (nSPS) is 13.5. The van der Waals surface area contributed by atoms with Gasteiger partial charge in [0.1, 0.15) is 10.7 Å². The lowest BCUT2D eigenvalue weighted by Crippen LogP contribution is -2.32. The highest BCUT2D eigenvalue weighted by Gasteiger charge is 2.40. The van der Waals surface area contributed by atoms with Crippen molar-refractivity contribution < 1.29 is 14.4 Å². The van der Waals surface area contributed by atoms with Gasteiger partial charge in [-0.15, -0.1) is 0 Å². The third-order valence-electron chi connectivity index (χ3n) is 5.05. The molecule has 0 bridgehead atoms.